The van der Waals surface area contributed by atoms with E-state index in [1.165, 1.54) is 6.07 Å². The van der Waals surface area contributed by atoms with Crippen LogP contribution in [0.2, 0.25) is 5.02 Å². The van der Waals surface area contributed by atoms with Crippen molar-refractivity contribution in [1.82, 2.24) is 10.1 Å². The fourth-order valence-electron chi connectivity index (χ4n) is 2.40. The molecule has 1 N–H and O–H groups in total. The van der Waals surface area contributed by atoms with Crippen LogP contribution in [0.4, 0.5) is 15.8 Å². The SMILES string of the molecule is Cc1cc(NC(C)c2noc(-c3ccc(Cl)cc3)n2)c(F)cc1[N+](=O)[O-]. The van der Waals surface area contributed by atoms with Crippen molar-refractivity contribution in [3.8, 4) is 11.5 Å². The van der Waals surface area contributed by atoms with Gasteiger partial charge in [0.2, 0.25) is 0 Å². The zero-order chi connectivity index (χ0) is 18.8. The first-order chi connectivity index (χ1) is 12.3. The standard InChI is InChI=1S/C17H14ClFN4O3/c1-9-7-14(13(19)8-15(9)23(24)25)20-10(2)16-21-17(26-22-16)11-3-5-12(18)6-4-11/h3-8,10,20H,1-2H3. The Morgan fingerprint density at radius 1 is 1.31 bits per heavy atom. The van der Waals surface area contributed by atoms with Crippen LogP contribution < -0.4 is 5.32 Å². The van der Waals surface area contributed by atoms with Crippen LogP contribution >= 0.6 is 11.6 Å². The van der Waals surface area contributed by atoms with Gasteiger partial charge in [-0.1, -0.05) is 16.8 Å². The number of rotatable bonds is 5. The number of benzene rings is 2. The summed E-state index contributed by atoms with van der Waals surface area (Å²) < 4.78 is 19.4. The monoisotopic (exact) mass is 376 g/mol. The van der Waals surface area contributed by atoms with Gasteiger partial charge in [-0.2, -0.15) is 4.98 Å². The molecule has 3 aromatic rings. The fraction of sp³-hybridized carbons (Fsp3) is 0.176. The smallest absolute Gasteiger partial charge is 0.275 e. The van der Waals surface area contributed by atoms with Crippen LogP contribution in [0, 0.1) is 22.9 Å². The van der Waals surface area contributed by atoms with E-state index < -0.39 is 16.8 Å². The summed E-state index contributed by atoms with van der Waals surface area (Å²) in [5, 5.41) is 18.3. The van der Waals surface area contributed by atoms with E-state index in [0.29, 0.717) is 27.9 Å². The highest BCUT2D eigenvalue weighted by atomic mass is 35.5. The number of nitro benzene ring substituents is 1. The third kappa shape index (κ3) is 3.65. The number of anilines is 1. The Labute approximate surface area is 152 Å². The van der Waals surface area contributed by atoms with Gasteiger partial charge in [-0.05, 0) is 44.2 Å². The molecule has 1 unspecified atom stereocenters. The van der Waals surface area contributed by atoms with E-state index in [9.17, 15) is 14.5 Å². The average molecular weight is 377 g/mol. The van der Waals surface area contributed by atoms with E-state index in [4.69, 9.17) is 16.1 Å². The zero-order valence-corrected chi connectivity index (χ0v) is 14.6. The van der Waals surface area contributed by atoms with Gasteiger partial charge in [0, 0.05) is 16.1 Å². The van der Waals surface area contributed by atoms with E-state index in [-0.39, 0.29) is 11.4 Å². The lowest BCUT2D eigenvalue weighted by atomic mass is 10.1. The molecule has 0 aliphatic heterocycles. The molecule has 0 amide bonds. The molecule has 0 saturated carbocycles. The van der Waals surface area contributed by atoms with Crippen LogP contribution in [0.3, 0.4) is 0 Å². The molecule has 0 fully saturated rings. The Hall–Kier alpha value is -3.00. The highest BCUT2D eigenvalue weighted by Crippen LogP contribution is 2.28. The molecule has 0 saturated heterocycles. The Kier molecular flexibility index (Phi) is 4.85. The lowest BCUT2D eigenvalue weighted by molar-refractivity contribution is -0.385. The van der Waals surface area contributed by atoms with Gasteiger partial charge >= 0.3 is 0 Å². The quantitative estimate of drug-likeness (QED) is 0.501. The summed E-state index contributed by atoms with van der Waals surface area (Å²) in [6, 6.07) is 8.70. The maximum atomic E-state index is 14.1. The van der Waals surface area contributed by atoms with Crippen LogP contribution in [0.1, 0.15) is 24.4 Å². The van der Waals surface area contributed by atoms with Crippen molar-refractivity contribution in [1.29, 1.82) is 0 Å². The van der Waals surface area contributed by atoms with Crippen molar-refractivity contribution in [3.05, 3.63) is 68.7 Å². The number of nitrogens with zero attached hydrogens (tertiary/aromatic N) is 3. The van der Waals surface area contributed by atoms with Crippen LogP contribution in [-0.4, -0.2) is 15.1 Å². The predicted molar refractivity (Wildman–Crippen MR) is 94.6 cm³/mol. The van der Waals surface area contributed by atoms with Crippen molar-refractivity contribution in [2.75, 3.05) is 5.32 Å². The van der Waals surface area contributed by atoms with Crippen molar-refractivity contribution in [2.24, 2.45) is 0 Å². The second-order valence-corrected chi connectivity index (χ2v) is 6.14. The lowest BCUT2D eigenvalue weighted by Gasteiger charge is -2.13. The number of hydrogen-bond acceptors (Lipinski definition) is 6. The maximum Gasteiger partial charge on any atom is 0.275 e. The van der Waals surface area contributed by atoms with Crippen LogP contribution in [0.5, 0.6) is 0 Å². The van der Waals surface area contributed by atoms with E-state index in [1.807, 2.05) is 0 Å². The molecule has 1 heterocycles. The third-order valence-corrected chi connectivity index (χ3v) is 4.03. The average Bonchev–Trinajstić information content (AvgIpc) is 3.08. The molecular weight excluding hydrogens is 363 g/mol. The molecule has 1 aromatic heterocycles. The molecule has 0 aliphatic rings. The molecule has 2 aromatic carbocycles. The summed E-state index contributed by atoms with van der Waals surface area (Å²) >= 11 is 5.85. The molecule has 0 aliphatic carbocycles. The summed E-state index contributed by atoms with van der Waals surface area (Å²) in [5.74, 6) is -0.0911. The van der Waals surface area contributed by atoms with Crippen LogP contribution in [0.15, 0.2) is 40.9 Å². The second-order valence-electron chi connectivity index (χ2n) is 5.71. The Balaban J connectivity index is 1.81. The Bertz CT molecular complexity index is 959. The maximum absolute atomic E-state index is 14.1. The normalized spacial score (nSPS) is 12.0. The number of nitrogens with one attached hydrogen (secondary N) is 1. The van der Waals surface area contributed by atoms with Gasteiger partial charge in [-0.3, -0.25) is 10.1 Å². The van der Waals surface area contributed by atoms with Gasteiger partial charge in [-0.25, -0.2) is 4.39 Å². The summed E-state index contributed by atoms with van der Waals surface area (Å²) in [6.45, 7) is 3.27. The molecule has 0 spiro atoms. The van der Waals surface area contributed by atoms with Crippen LogP contribution in [-0.2, 0) is 0 Å². The molecule has 26 heavy (non-hydrogen) atoms. The first kappa shape index (κ1) is 17.8. The largest absolute Gasteiger partial charge is 0.373 e. The number of hydrogen-bond donors (Lipinski definition) is 1. The van der Waals surface area contributed by atoms with Crippen LogP contribution in [0.25, 0.3) is 11.5 Å². The highest BCUT2D eigenvalue weighted by molar-refractivity contribution is 6.30. The molecule has 9 heteroatoms. The van der Waals surface area contributed by atoms with Crippen molar-refractivity contribution in [2.45, 2.75) is 19.9 Å². The topological polar surface area (TPSA) is 94.1 Å². The predicted octanol–water partition coefficient (Wildman–Crippen LogP) is 4.92. The first-order valence-electron chi connectivity index (χ1n) is 7.66. The van der Waals surface area contributed by atoms with Gasteiger partial charge in [0.15, 0.2) is 11.6 Å². The number of nitro groups is 1. The van der Waals surface area contributed by atoms with E-state index in [2.05, 4.69) is 15.5 Å². The minimum Gasteiger partial charge on any atom is -0.373 e. The van der Waals surface area contributed by atoms with E-state index in [1.54, 1.807) is 38.1 Å². The lowest BCUT2D eigenvalue weighted by Crippen LogP contribution is -2.10. The van der Waals surface area contributed by atoms with Crippen molar-refractivity contribution < 1.29 is 13.8 Å². The molecular formula is C17H14ClFN4O3. The summed E-state index contributed by atoms with van der Waals surface area (Å²) in [7, 11) is 0. The second kappa shape index (κ2) is 7.09. The summed E-state index contributed by atoms with van der Waals surface area (Å²) in [4.78, 5) is 14.5. The Morgan fingerprint density at radius 3 is 2.65 bits per heavy atom. The van der Waals surface area contributed by atoms with E-state index >= 15 is 0 Å². The van der Waals surface area contributed by atoms with Gasteiger partial charge < -0.3 is 9.84 Å². The third-order valence-electron chi connectivity index (χ3n) is 3.77. The molecule has 0 radical (unpaired) electrons. The number of halogens is 2. The summed E-state index contributed by atoms with van der Waals surface area (Å²) in [6.07, 6.45) is 0. The first-order valence-corrected chi connectivity index (χ1v) is 8.03. The van der Waals surface area contributed by atoms with Gasteiger partial charge in [-0.15, -0.1) is 0 Å². The highest BCUT2D eigenvalue weighted by Gasteiger charge is 2.19. The molecule has 7 nitrogen and oxygen atoms in total. The van der Waals surface area contributed by atoms with Crippen molar-refractivity contribution >= 4 is 23.0 Å². The molecule has 3 rings (SSSR count). The molecule has 134 valence electrons. The number of aryl methyl sites for hydroxylation is 1. The minimum absolute atomic E-state index is 0.124. The fourth-order valence-corrected chi connectivity index (χ4v) is 2.52. The number of aromatic nitrogens is 2. The van der Waals surface area contributed by atoms with E-state index in [0.717, 1.165) is 6.07 Å². The summed E-state index contributed by atoms with van der Waals surface area (Å²) in [5.41, 5.74) is 0.905. The van der Waals surface area contributed by atoms with Gasteiger partial charge in [0.25, 0.3) is 11.6 Å². The molecule has 0 bridgehead atoms. The van der Waals surface area contributed by atoms with Crippen molar-refractivity contribution in [3.63, 3.8) is 0 Å². The zero-order valence-electron chi connectivity index (χ0n) is 13.9. The Morgan fingerprint density at radius 2 is 2.00 bits per heavy atom. The van der Waals surface area contributed by atoms with Gasteiger partial charge in [0.1, 0.15) is 0 Å². The molecule has 1 atom stereocenters. The minimum atomic E-state index is -0.726. The van der Waals surface area contributed by atoms with Gasteiger partial charge in [0.05, 0.1) is 22.7 Å².